The minimum absolute atomic E-state index is 0.361. The molecule has 0 aromatic heterocycles. The Labute approximate surface area is 73.4 Å². The van der Waals surface area contributed by atoms with E-state index in [1.807, 2.05) is 31.2 Å². The highest BCUT2D eigenvalue weighted by molar-refractivity contribution is 5.60. The number of aromatic hydroxyl groups is 1. The van der Waals surface area contributed by atoms with E-state index < -0.39 is 0 Å². The van der Waals surface area contributed by atoms with Crippen LogP contribution in [0.2, 0.25) is 0 Å². The Kier molecular flexibility index (Phi) is 2.92. The van der Waals surface area contributed by atoms with Crippen molar-refractivity contribution in [2.75, 3.05) is 0 Å². The van der Waals surface area contributed by atoms with Crippen molar-refractivity contribution in [3.8, 4) is 5.75 Å². The molecule has 0 saturated carbocycles. The first-order valence-electron chi connectivity index (χ1n) is 4.20. The second kappa shape index (κ2) is 3.96. The largest absolute Gasteiger partial charge is 0.507 e. The van der Waals surface area contributed by atoms with E-state index in [2.05, 4.69) is 6.92 Å². The third-order valence-electron chi connectivity index (χ3n) is 1.82. The molecule has 0 aliphatic carbocycles. The molecule has 0 bridgehead atoms. The van der Waals surface area contributed by atoms with Crippen molar-refractivity contribution in [1.82, 2.24) is 0 Å². The molecule has 0 spiro atoms. The van der Waals surface area contributed by atoms with Crippen LogP contribution in [0.1, 0.15) is 24.5 Å². The van der Waals surface area contributed by atoms with Gasteiger partial charge in [0.05, 0.1) is 0 Å². The minimum Gasteiger partial charge on any atom is -0.507 e. The van der Waals surface area contributed by atoms with E-state index in [1.165, 1.54) is 0 Å². The van der Waals surface area contributed by atoms with Crippen LogP contribution in [0.4, 0.5) is 0 Å². The third-order valence-corrected chi connectivity index (χ3v) is 1.82. The average Bonchev–Trinajstić information content (AvgIpc) is 2.04. The number of phenolic OH excluding ortho intramolecular Hbond substituents is 1. The summed E-state index contributed by atoms with van der Waals surface area (Å²) in [6.07, 6.45) is 5.00. The van der Waals surface area contributed by atoms with Gasteiger partial charge in [0.15, 0.2) is 0 Å². The van der Waals surface area contributed by atoms with E-state index in [-0.39, 0.29) is 0 Å². The second-order valence-corrected chi connectivity index (χ2v) is 2.82. The van der Waals surface area contributed by atoms with Crippen LogP contribution in [-0.4, -0.2) is 5.11 Å². The van der Waals surface area contributed by atoms with Gasteiger partial charge in [0.1, 0.15) is 5.75 Å². The van der Waals surface area contributed by atoms with Gasteiger partial charge < -0.3 is 5.11 Å². The summed E-state index contributed by atoms with van der Waals surface area (Å²) in [5.41, 5.74) is 2.04. The number of benzene rings is 1. The van der Waals surface area contributed by atoms with Gasteiger partial charge in [-0.2, -0.15) is 0 Å². The molecule has 0 radical (unpaired) electrons. The lowest BCUT2D eigenvalue weighted by Crippen LogP contribution is -1.80. The summed E-state index contributed by atoms with van der Waals surface area (Å²) >= 11 is 0. The van der Waals surface area contributed by atoms with Gasteiger partial charge >= 0.3 is 0 Å². The zero-order valence-corrected chi connectivity index (χ0v) is 7.54. The third kappa shape index (κ3) is 1.88. The summed E-state index contributed by atoms with van der Waals surface area (Å²) in [7, 11) is 0. The monoisotopic (exact) mass is 162 g/mol. The molecule has 1 rings (SSSR count). The molecule has 64 valence electrons. The number of allylic oxidation sites excluding steroid dienone is 1. The fraction of sp³-hybridized carbons (Fsp3) is 0.273. The molecule has 1 heteroatoms. The molecule has 1 N–H and O–H groups in total. The summed E-state index contributed by atoms with van der Waals surface area (Å²) < 4.78 is 0. The van der Waals surface area contributed by atoms with Crippen LogP contribution < -0.4 is 0 Å². The van der Waals surface area contributed by atoms with E-state index in [9.17, 15) is 5.11 Å². The first-order chi connectivity index (χ1) is 5.75. The highest BCUT2D eigenvalue weighted by Crippen LogP contribution is 2.21. The van der Waals surface area contributed by atoms with Crippen molar-refractivity contribution in [2.45, 2.75) is 20.3 Å². The summed E-state index contributed by atoms with van der Waals surface area (Å²) in [4.78, 5) is 0. The normalized spacial score (nSPS) is 10.8. The second-order valence-electron chi connectivity index (χ2n) is 2.82. The molecule has 0 aliphatic heterocycles. The Hall–Kier alpha value is -1.24. The number of aryl methyl sites for hydroxylation is 1. The molecule has 1 aromatic rings. The average molecular weight is 162 g/mol. The van der Waals surface area contributed by atoms with Crippen molar-refractivity contribution in [3.63, 3.8) is 0 Å². The molecule has 0 atom stereocenters. The van der Waals surface area contributed by atoms with E-state index in [0.29, 0.717) is 5.75 Å². The van der Waals surface area contributed by atoms with Gasteiger partial charge in [0.25, 0.3) is 0 Å². The zero-order chi connectivity index (χ0) is 8.97. The maximum Gasteiger partial charge on any atom is 0.123 e. The predicted octanol–water partition coefficient (Wildman–Crippen LogP) is 3.12. The lowest BCUT2D eigenvalue weighted by molar-refractivity contribution is 0.473. The first-order valence-corrected chi connectivity index (χ1v) is 4.20. The molecule has 0 heterocycles. The summed E-state index contributed by atoms with van der Waals surface area (Å²) in [6, 6.07) is 5.56. The Morgan fingerprint density at radius 3 is 2.75 bits per heavy atom. The van der Waals surface area contributed by atoms with E-state index in [4.69, 9.17) is 0 Å². The van der Waals surface area contributed by atoms with Gasteiger partial charge in [-0.1, -0.05) is 31.2 Å². The predicted molar refractivity (Wildman–Crippen MR) is 52.2 cm³/mol. The van der Waals surface area contributed by atoms with Crippen molar-refractivity contribution in [2.24, 2.45) is 0 Å². The smallest absolute Gasteiger partial charge is 0.123 e. The number of phenols is 1. The molecule has 0 aliphatic rings. The number of hydrogen-bond donors (Lipinski definition) is 1. The summed E-state index contributed by atoms with van der Waals surface area (Å²) in [5.74, 6) is 0.361. The number of hydrogen-bond acceptors (Lipinski definition) is 1. The fourth-order valence-electron chi connectivity index (χ4n) is 1.12. The van der Waals surface area contributed by atoms with Crippen molar-refractivity contribution in [1.29, 1.82) is 0 Å². The van der Waals surface area contributed by atoms with Gasteiger partial charge in [0.2, 0.25) is 0 Å². The van der Waals surface area contributed by atoms with Gasteiger partial charge in [-0.05, 0) is 25.0 Å². The topological polar surface area (TPSA) is 20.2 Å². The maximum atomic E-state index is 9.47. The molecule has 0 amide bonds. The Balaban J connectivity index is 3.04. The van der Waals surface area contributed by atoms with Crippen LogP contribution in [0, 0.1) is 6.92 Å². The van der Waals surface area contributed by atoms with Crippen LogP contribution in [-0.2, 0) is 0 Å². The van der Waals surface area contributed by atoms with Crippen LogP contribution in [0.25, 0.3) is 6.08 Å². The Bertz CT molecular complexity index is 267. The van der Waals surface area contributed by atoms with E-state index in [0.717, 1.165) is 17.5 Å². The zero-order valence-electron chi connectivity index (χ0n) is 7.54. The Morgan fingerprint density at radius 1 is 1.42 bits per heavy atom. The molecule has 1 aromatic carbocycles. The summed E-state index contributed by atoms with van der Waals surface area (Å²) in [6.45, 7) is 4.07. The van der Waals surface area contributed by atoms with Crippen molar-refractivity contribution in [3.05, 3.63) is 35.4 Å². The van der Waals surface area contributed by atoms with Gasteiger partial charge in [0, 0.05) is 5.56 Å². The Morgan fingerprint density at radius 2 is 2.17 bits per heavy atom. The van der Waals surface area contributed by atoms with Crippen LogP contribution >= 0.6 is 0 Å². The van der Waals surface area contributed by atoms with Crippen molar-refractivity contribution < 1.29 is 5.11 Å². The van der Waals surface area contributed by atoms with E-state index in [1.54, 1.807) is 6.07 Å². The van der Waals surface area contributed by atoms with Crippen LogP contribution in [0.3, 0.4) is 0 Å². The molecule has 0 fully saturated rings. The lowest BCUT2D eigenvalue weighted by atomic mass is 10.1. The molecule has 0 unspecified atom stereocenters. The lowest BCUT2D eigenvalue weighted by Gasteiger charge is -2.01. The standard InChI is InChI=1S/C11H14O/c1-3-4-7-10-9(2)6-5-8-11(10)12/h4-8,12H,3H2,1-2H3/b7-4-. The summed E-state index contributed by atoms with van der Waals surface area (Å²) in [5, 5.41) is 9.47. The van der Waals surface area contributed by atoms with Gasteiger partial charge in [-0.25, -0.2) is 0 Å². The fourth-order valence-corrected chi connectivity index (χ4v) is 1.12. The molecule has 1 nitrogen and oxygen atoms in total. The van der Waals surface area contributed by atoms with Gasteiger partial charge in [-0.15, -0.1) is 0 Å². The van der Waals surface area contributed by atoms with Crippen molar-refractivity contribution >= 4 is 6.08 Å². The molecular weight excluding hydrogens is 148 g/mol. The SMILES string of the molecule is CC/C=C\c1c(C)cccc1O. The maximum absolute atomic E-state index is 9.47. The molecular formula is C11H14O. The molecule has 0 saturated heterocycles. The number of rotatable bonds is 2. The quantitative estimate of drug-likeness (QED) is 0.708. The highest BCUT2D eigenvalue weighted by Gasteiger charge is 1.98. The first kappa shape index (κ1) is 8.85. The van der Waals surface area contributed by atoms with Crippen LogP contribution in [0.15, 0.2) is 24.3 Å². The molecule has 12 heavy (non-hydrogen) atoms. The van der Waals surface area contributed by atoms with E-state index >= 15 is 0 Å². The van der Waals surface area contributed by atoms with Crippen LogP contribution in [0.5, 0.6) is 5.75 Å². The van der Waals surface area contributed by atoms with Gasteiger partial charge in [-0.3, -0.25) is 0 Å². The minimum atomic E-state index is 0.361. The highest BCUT2D eigenvalue weighted by atomic mass is 16.3.